The Morgan fingerprint density at radius 1 is 1.14 bits per heavy atom. The van der Waals surface area contributed by atoms with Gasteiger partial charge in [0.25, 0.3) is 0 Å². The molecule has 0 aliphatic carbocycles. The van der Waals surface area contributed by atoms with Crippen molar-refractivity contribution in [2.24, 2.45) is 0 Å². The number of aliphatic hydroxyl groups is 2. The van der Waals surface area contributed by atoms with E-state index in [1.165, 1.54) is 6.42 Å². The highest BCUT2D eigenvalue weighted by Gasteiger charge is 2.36. The standard InChI is InChI=1S/C9H19NO4/c1-2-3-4-5-6-7-8-9(11,12)10(13)14/h11-12H,2-8H2,1H3. The Labute approximate surface area is 83.9 Å². The molecule has 0 fully saturated rings. The van der Waals surface area contributed by atoms with Crippen LogP contribution in [0.15, 0.2) is 0 Å². The van der Waals surface area contributed by atoms with Gasteiger partial charge in [-0.25, -0.2) is 0 Å². The van der Waals surface area contributed by atoms with Crippen molar-refractivity contribution in [3.05, 3.63) is 10.1 Å². The molecule has 0 atom stereocenters. The van der Waals surface area contributed by atoms with Crippen molar-refractivity contribution in [2.75, 3.05) is 0 Å². The van der Waals surface area contributed by atoms with Crippen LogP contribution in [0.5, 0.6) is 0 Å². The van der Waals surface area contributed by atoms with Crippen LogP contribution < -0.4 is 0 Å². The van der Waals surface area contributed by atoms with Crippen molar-refractivity contribution in [3.63, 3.8) is 0 Å². The third-order valence-corrected chi connectivity index (χ3v) is 2.16. The third kappa shape index (κ3) is 5.88. The van der Waals surface area contributed by atoms with Crippen LogP contribution in [0.2, 0.25) is 0 Å². The van der Waals surface area contributed by atoms with E-state index in [9.17, 15) is 10.1 Å². The van der Waals surface area contributed by atoms with Crippen LogP contribution >= 0.6 is 0 Å². The molecular formula is C9H19NO4. The molecule has 2 N–H and O–H groups in total. The first-order chi connectivity index (χ1) is 6.50. The van der Waals surface area contributed by atoms with Gasteiger partial charge in [0.1, 0.15) is 0 Å². The van der Waals surface area contributed by atoms with Crippen molar-refractivity contribution >= 4 is 0 Å². The monoisotopic (exact) mass is 205 g/mol. The largest absolute Gasteiger partial charge is 0.437 e. The number of nitro groups is 1. The second kappa shape index (κ2) is 6.73. The minimum Gasteiger partial charge on any atom is -0.307 e. The molecule has 0 aromatic rings. The first-order valence-electron chi connectivity index (χ1n) is 5.10. The zero-order valence-corrected chi connectivity index (χ0v) is 8.61. The van der Waals surface area contributed by atoms with Crippen LogP contribution in [0.3, 0.4) is 0 Å². The molecule has 5 nitrogen and oxygen atoms in total. The lowest BCUT2D eigenvalue weighted by molar-refractivity contribution is -0.684. The number of nitrogens with zero attached hydrogens (tertiary/aromatic N) is 1. The summed E-state index contributed by atoms with van der Waals surface area (Å²) in [6, 6.07) is 0. The van der Waals surface area contributed by atoms with Gasteiger partial charge in [0.2, 0.25) is 0 Å². The Kier molecular flexibility index (Phi) is 6.40. The van der Waals surface area contributed by atoms with E-state index in [-0.39, 0.29) is 6.42 Å². The van der Waals surface area contributed by atoms with Gasteiger partial charge < -0.3 is 10.2 Å². The zero-order valence-electron chi connectivity index (χ0n) is 8.61. The minimum atomic E-state index is -2.73. The fraction of sp³-hybridized carbons (Fsp3) is 1.00. The van der Waals surface area contributed by atoms with Crippen LogP contribution in [-0.2, 0) is 0 Å². The minimum absolute atomic E-state index is 0.188. The van der Waals surface area contributed by atoms with E-state index >= 15 is 0 Å². The first kappa shape index (κ1) is 13.3. The van der Waals surface area contributed by atoms with Crippen LogP contribution in [0, 0.1) is 10.1 Å². The quantitative estimate of drug-likeness (QED) is 0.273. The summed E-state index contributed by atoms with van der Waals surface area (Å²) >= 11 is 0. The summed E-state index contributed by atoms with van der Waals surface area (Å²) in [6.07, 6.45) is 5.54. The molecule has 0 aromatic heterocycles. The molecule has 0 bridgehead atoms. The van der Waals surface area contributed by atoms with Crippen LogP contribution in [-0.4, -0.2) is 21.0 Å². The fourth-order valence-electron chi connectivity index (χ4n) is 1.23. The molecule has 0 aliphatic rings. The summed E-state index contributed by atoms with van der Waals surface area (Å²) in [6.45, 7) is 2.11. The molecule has 14 heavy (non-hydrogen) atoms. The summed E-state index contributed by atoms with van der Waals surface area (Å²) in [4.78, 5) is 9.04. The lowest BCUT2D eigenvalue weighted by atomic mass is 10.1. The van der Waals surface area contributed by atoms with E-state index in [1.807, 2.05) is 0 Å². The van der Waals surface area contributed by atoms with Gasteiger partial charge in [-0.15, -0.1) is 0 Å². The van der Waals surface area contributed by atoms with Gasteiger partial charge in [0.05, 0.1) is 11.3 Å². The van der Waals surface area contributed by atoms with Gasteiger partial charge >= 0.3 is 5.91 Å². The van der Waals surface area contributed by atoms with Gasteiger partial charge in [0.15, 0.2) is 0 Å². The molecule has 0 spiro atoms. The van der Waals surface area contributed by atoms with Gasteiger partial charge in [-0.2, -0.15) is 0 Å². The Balaban J connectivity index is 3.40. The third-order valence-electron chi connectivity index (χ3n) is 2.16. The van der Waals surface area contributed by atoms with E-state index < -0.39 is 10.8 Å². The van der Waals surface area contributed by atoms with Crippen molar-refractivity contribution in [1.29, 1.82) is 0 Å². The zero-order chi connectivity index (χ0) is 11.0. The first-order valence-corrected chi connectivity index (χ1v) is 5.10. The highest BCUT2D eigenvalue weighted by Crippen LogP contribution is 2.14. The highest BCUT2D eigenvalue weighted by molar-refractivity contribution is 4.51. The van der Waals surface area contributed by atoms with Crippen LogP contribution in [0.4, 0.5) is 0 Å². The van der Waals surface area contributed by atoms with Crippen LogP contribution in [0.1, 0.15) is 51.9 Å². The average Bonchev–Trinajstić information content (AvgIpc) is 2.10. The second-order valence-electron chi connectivity index (χ2n) is 3.55. The maximum Gasteiger partial charge on any atom is 0.437 e. The molecule has 0 saturated carbocycles. The van der Waals surface area contributed by atoms with Gasteiger partial charge in [-0.1, -0.05) is 39.0 Å². The molecule has 0 unspecified atom stereocenters. The Morgan fingerprint density at radius 3 is 2.14 bits per heavy atom. The van der Waals surface area contributed by atoms with Gasteiger partial charge in [-0.05, 0) is 6.42 Å². The summed E-state index contributed by atoms with van der Waals surface area (Å²) in [5, 5.41) is 27.8. The lowest BCUT2D eigenvalue weighted by Crippen LogP contribution is -2.37. The molecule has 84 valence electrons. The molecule has 0 amide bonds. The van der Waals surface area contributed by atoms with E-state index in [1.54, 1.807) is 0 Å². The average molecular weight is 205 g/mol. The normalized spacial score (nSPS) is 11.6. The topological polar surface area (TPSA) is 83.6 Å². The Hall–Kier alpha value is -0.680. The number of hydrogen-bond donors (Lipinski definition) is 2. The summed E-state index contributed by atoms with van der Waals surface area (Å²) < 4.78 is 0. The number of rotatable bonds is 8. The van der Waals surface area contributed by atoms with Crippen molar-refractivity contribution < 1.29 is 15.1 Å². The molecule has 0 aliphatic heterocycles. The predicted molar refractivity (Wildman–Crippen MR) is 52.2 cm³/mol. The van der Waals surface area contributed by atoms with E-state index in [4.69, 9.17) is 10.2 Å². The fourth-order valence-corrected chi connectivity index (χ4v) is 1.23. The van der Waals surface area contributed by atoms with Gasteiger partial charge in [-0.3, -0.25) is 10.1 Å². The van der Waals surface area contributed by atoms with Crippen LogP contribution in [0.25, 0.3) is 0 Å². The van der Waals surface area contributed by atoms with Crippen molar-refractivity contribution in [1.82, 2.24) is 0 Å². The number of hydrogen-bond acceptors (Lipinski definition) is 4. The predicted octanol–water partition coefficient (Wildman–Crippen LogP) is 1.65. The van der Waals surface area contributed by atoms with E-state index in [0.717, 1.165) is 25.7 Å². The smallest absolute Gasteiger partial charge is 0.307 e. The van der Waals surface area contributed by atoms with E-state index in [0.29, 0.717) is 6.42 Å². The molecule has 5 heteroatoms. The van der Waals surface area contributed by atoms with Crippen molar-refractivity contribution in [3.8, 4) is 0 Å². The molecule has 0 rings (SSSR count). The maximum absolute atomic E-state index is 10.1. The second-order valence-corrected chi connectivity index (χ2v) is 3.55. The maximum atomic E-state index is 10.1. The summed E-state index contributed by atoms with van der Waals surface area (Å²) in [5.74, 6) is -2.73. The lowest BCUT2D eigenvalue weighted by Gasteiger charge is -2.11. The van der Waals surface area contributed by atoms with Gasteiger partial charge in [0, 0.05) is 0 Å². The Morgan fingerprint density at radius 2 is 1.64 bits per heavy atom. The summed E-state index contributed by atoms with van der Waals surface area (Å²) in [7, 11) is 0. The molecule has 0 saturated heterocycles. The molecule has 0 aromatic carbocycles. The Bertz CT molecular complexity index is 170. The summed E-state index contributed by atoms with van der Waals surface area (Å²) in [5.41, 5.74) is 0. The molecule has 0 heterocycles. The number of unbranched alkanes of at least 4 members (excludes halogenated alkanes) is 5. The molecular weight excluding hydrogens is 186 g/mol. The van der Waals surface area contributed by atoms with Crippen molar-refractivity contribution in [2.45, 2.75) is 57.8 Å². The SMILES string of the molecule is CCCCCCCCC(O)(O)[N+](=O)[O-]. The highest BCUT2D eigenvalue weighted by atomic mass is 16.7. The van der Waals surface area contributed by atoms with E-state index in [2.05, 4.69) is 6.92 Å². The molecule has 0 radical (unpaired) electrons.